The van der Waals surface area contributed by atoms with Crippen molar-refractivity contribution in [3.63, 3.8) is 0 Å². The Bertz CT molecular complexity index is 1160. The molecule has 7 heteroatoms. The van der Waals surface area contributed by atoms with Crippen molar-refractivity contribution >= 4 is 18.0 Å². The number of carbonyl (C=O) groups excluding carboxylic acids is 2. The standard InChI is InChI=1S/C24H18F2N2O3/c25-19-10-8-16(9-11-19)15-31-20-6-3-4-17(12-20)13-22-23(29)28(24(30)27-22)14-18-5-1-2-7-21(18)26/h1-13H,14-15H2,(H,27,30)/b22-13+. The highest BCUT2D eigenvalue weighted by molar-refractivity contribution is 6.13. The monoisotopic (exact) mass is 420 g/mol. The molecule has 4 rings (SSSR count). The highest BCUT2D eigenvalue weighted by Crippen LogP contribution is 2.21. The molecule has 0 spiro atoms. The molecule has 0 aromatic heterocycles. The van der Waals surface area contributed by atoms with Crippen molar-refractivity contribution in [2.45, 2.75) is 13.2 Å². The van der Waals surface area contributed by atoms with E-state index in [0.29, 0.717) is 11.3 Å². The number of amides is 3. The lowest BCUT2D eigenvalue weighted by atomic mass is 10.1. The van der Waals surface area contributed by atoms with E-state index in [1.165, 1.54) is 30.3 Å². The third-order valence-corrected chi connectivity index (χ3v) is 4.74. The number of benzene rings is 3. The minimum atomic E-state index is -0.608. The van der Waals surface area contributed by atoms with Crippen molar-refractivity contribution in [1.82, 2.24) is 10.2 Å². The van der Waals surface area contributed by atoms with Gasteiger partial charge >= 0.3 is 6.03 Å². The first-order valence-corrected chi connectivity index (χ1v) is 9.55. The molecule has 0 unspecified atom stereocenters. The second-order valence-corrected chi connectivity index (χ2v) is 6.96. The Morgan fingerprint density at radius 1 is 0.935 bits per heavy atom. The van der Waals surface area contributed by atoms with E-state index in [1.54, 1.807) is 48.5 Å². The SMILES string of the molecule is O=C1N/C(=C/c2cccc(OCc3ccc(F)cc3)c2)C(=O)N1Cc1ccccc1F. The van der Waals surface area contributed by atoms with Gasteiger partial charge in [0.25, 0.3) is 5.91 Å². The molecule has 3 aromatic carbocycles. The molecule has 1 saturated heterocycles. The number of rotatable bonds is 6. The molecule has 3 aromatic rings. The van der Waals surface area contributed by atoms with Gasteiger partial charge in [-0.3, -0.25) is 9.69 Å². The largest absolute Gasteiger partial charge is 0.489 e. The van der Waals surface area contributed by atoms with Crippen LogP contribution in [-0.4, -0.2) is 16.8 Å². The van der Waals surface area contributed by atoms with Crippen molar-refractivity contribution in [3.8, 4) is 5.75 Å². The molecule has 1 fully saturated rings. The zero-order valence-electron chi connectivity index (χ0n) is 16.3. The Labute approximate surface area is 177 Å². The first-order valence-electron chi connectivity index (χ1n) is 9.55. The number of urea groups is 1. The second-order valence-electron chi connectivity index (χ2n) is 6.96. The highest BCUT2D eigenvalue weighted by atomic mass is 19.1. The number of halogens is 2. The van der Waals surface area contributed by atoms with Crippen LogP contribution < -0.4 is 10.1 Å². The van der Waals surface area contributed by atoms with Gasteiger partial charge in [-0.05, 0) is 47.5 Å². The van der Waals surface area contributed by atoms with Crippen molar-refractivity contribution in [3.05, 3.63) is 107 Å². The molecular weight excluding hydrogens is 402 g/mol. The van der Waals surface area contributed by atoms with E-state index < -0.39 is 17.8 Å². The van der Waals surface area contributed by atoms with Gasteiger partial charge in [0, 0.05) is 5.56 Å². The predicted molar refractivity (Wildman–Crippen MR) is 111 cm³/mol. The maximum atomic E-state index is 13.9. The Morgan fingerprint density at radius 3 is 2.48 bits per heavy atom. The van der Waals surface area contributed by atoms with Crippen LogP contribution in [0.1, 0.15) is 16.7 Å². The Morgan fingerprint density at radius 2 is 1.71 bits per heavy atom. The average molecular weight is 420 g/mol. The fraction of sp³-hybridized carbons (Fsp3) is 0.0833. The average Bonchev–Trinajstić information content (AvgIpc) is 3.02. The third kappa shape index (κ3) is 4.78. The molecule has 1 aliphatic rings. The zero-order chi connectivity index (χ0) is 21.8. The van der Waals surface area contributed by atoms with Gasteiger partial charge in [0.15, 0.2) is 0 Å². The van der Waals surface area contributed by atoms with Gasteiger partial charge in [0.1, 0.15) is 29.7 Å². The molecule has 1 heterocycles. The smallest absolute Gasteiger partial charge is 0.329 e. The Kier molecular flexibility index (Phi) is 5.75. The summed E-state index contributed by atoms with van der Waals surface area (Å²) in [6.07, 6.45) is 1.53. The summed E-state index contributed by atoms with van der Waals surface area (Å²) in [5.41, 5.74) is 1.81. The van der Waals surface area contributed by atoms with Gasteiger partial charge in [-0.25, -0.2) is 13.6 Å². The molecule has 1 N–H and O–H groups in total. The van der Waals surface area contributed by atoms with Gasteiger partial charge in [0.2, 0.25) is 0 Å². The second kappa shape index (κ2) is 8.79. The highest BCUT2D eigenvalue weighted by Gasteiger charge is 2.33. The summed E-state index contributed by atoms with van der Waals surface area (Å²) in [5, 5.41) is 2.52. The molecule has 156 valence electrons. The fourth-order valence-corrected chi connectivity index (χ4v) is 3.12. The fourth-order valence-electron chi connectivity index (χ4n) is 3.12. The molecule has 1 aliphatic heterocycles. The molecule has 0 bridgehead atoms. The molecule has 0 aliphatic carbocycles. The summed E-state index contributed by atoms with van der Waals surface area (Å²) in [6, 6.07) is 18.4. The van der Waals surface area contributed by atoms with Crippen LogP contribution in [0.2, 0.25) is 0 Å². The minimum absolute atomic E-state index is 0.0945. The van der Waals surface area contributed by atoms with Crippen molar-refractivity contribution in [1.29, 1.82) is 0 Å². The molecular formula is C24H18F2N2O3. The first-order chi connectivity index (χ1) is 15.0. The summed E-state index contributed by atoms with van der Waals surface area (Å²) in [5.74, 6) is -0.777. The van der Waals surface area contributed by atoms with E-state index in [4.69, 9.17) is 4.74 Å². The molecule has 5 nitrogen and oxygen atoms in total. The summed E-state index contributed by atoms with van der Waals surface area (Å²) >= 11 is 0. The number of nitrogens with one attached hydrogen (secondary N) is 1. The van der Waals surface area contributed by atoms with Crippen LogP contribution in [0.15, 0.2) is 78.5 Å². The summed E-state index contributed by atoms with van der Waals surface area (Å²) in [6.45, 7) is 0.0991. The predicted octanol–water partition coefficient (Wildman–Crippen LogP) is 4.64. The first kappa shape index (κ1) is 20.3. The lowest BCUT2D eigenvalue weighted by molar-refractivity contribution is -0.123. The van der Waals surface area contributed by atoms with Crippen LogP contribution in [-0.2, 0) is 17.9 Å². The van der Waals surface area contributed by atoms with Crippen LogP contribution in [0.4, 0.5) is 13.6 Å². The zero-order valence-corrected chi connectivity index (χ0v) is 16.3. The number of imide groups is 1. The van der Waals surface area contributed by atoms with Crippen molar-refractivity contribution in [2.75, 3.05) is 0 Å². The quantitative estimate of drug-likeness (QED) is 0.467. The van der Waals surface area contributed by atoms with E-state index in [0.717, 1.165) is 10.5 Å². The minimum Gasteiger partial charge on any atom is -0.489 e. The summed E-state index contributed by atoms with van der Waals surface area (Å²) < 4.78 is 32.6. The van der Waals surface area contributed by atoms with Gasteiger partial charge in [-0.15, -0.1) is 0 Å². The van der Waals surface area contributed by atoms with Gasteiger partial charge in [0.05, 0.1) is 6.54 Å². The van der Waals surface area contributed by atoms with Crippen LogP contribution in [0.5, 0.6) is 5.75 Å². The van der Waals surface area contributed by atoms with Crippen LogP contribution in [0, 0.1) is 11.6 Å². The summed E-state index contributed by atoms with van der Waals surface area (Å²) in [4.78, 5) is 25.8. The topological polar surface area (TPSA) is 58.6 Å². The van der Waals surface area contributed by atoms with Crippen LogP contribution in [0.25, 0.3) is 6.08 Å². The van der Waals surface area contributed by atoms with Gasteiger partial charge in [-0.1, -0.05) is 42.5 Å². The molecule has 0 atom stereocenters. The third-order valence-electron chi connectivity index (χ3n) is 4.74. The number of ether oxygens (including phenoxy) is 1. The van der Waals surface area contributed by atoms with E-state index in [2.05, 4.69) is 5.32 Å². The maximum absolute atomic E-state index is 13.9. The van der Waals surface area contributed by atoms with Gasteiger partial charge in [-0.2, -0.15) is 0 Å². The lowest BCUT2D eigenvalue weighted by Crippen LogP contribution is -2.30. The van der Waals surface area contributed by atoms with Crippen LogP contribution >= 0.6 is 0 Å². The van der Waals surface area contributed by atoms with Crippen molar-refractivity contribution < 1.29 is 23.1 Å². The number of hydrogen-bond acceptors (Lipinski definition) is 3. The maximum Gasteiger partial charge on any atom is 0.329 e. The summed E-state index contributed by atoms with van der Waals surface area (Å²) in [7, 11) is 0. The van der Waals surface area contributed by atoms with Crippen molar-refractivity contribution in [2.24, 2.45) is 0 Å². The number of nitrogens with zero attached hydrogens (tertiary/aromatic N) is 1. The molecule has 3 amide bonds. The van der Waals surface area contributed by atoms with E-state index in [-0.39, 0.29) is 30.2 Å². The number of hydrogen-bond donors (Lipinski definition) is 1. The van der Waals surface area contributed by atoms with E-state index in [9.17, 15) is 18.4 Å². The van der Waals surface area contributed by atoms with Crippen LogP contribution in [0.3, 0.4) is 0 Å². The van der Waals surface area contributed by atoms with E-state index >= 15 is 0 Å². The van der Waals surface area contributed by atoms with E-state index in [1.807, 2.05) is 0 Å². The Hall–Kier alpha value is -4.00. The van der Waals surface area contributed by atoms with Gasteiger partial charge < -0.3 is 10.1 Å². The molecule has 31 heavy (non-hydrogen) atoms. The molecule has 0 radical (unpaired) electrons. The lowest BCUT2D eigenvalue weighted by Gasteiger charge is -2.12. The number of carbonyl (C=O) groups is 2. The Balaban J connectivity index is 1.46. The molecule has 0 saturated carbocycles. The normalized spacial score (nSPS) is 14.8.